The first-order valence-corrected chi connectivity index (χ1v) is 7.45. The maximum absolute atomic E-state index is 5.58. The Balaban J connectivity index is 2.07. The predicted octanol–water partition coefficient (Wildman–Crippen LogP) is 4.58. The van der Waals surface area contributed by atoms with Gasteiger partial charge in [0.2, 0.25) is 0 Å². The first kappa shape index (κ1) is 14.5. The molecule has 112 valence electrons. The van der Waals surface area contributed by atoms with Crippen molar-refractivity contribution in [1.29, 1.82) is 0 Å². The van der Waals surface area contributed by atoms with Gasteiger partial charge in [-0.15, -0.1) is 0 Å². The van der Waals surface area contributed by atoms with Gasteiger partial charge in [0.05, 0.1) is 14.2 Å². The Morgan fingerprint density at radius 3 is 2.14 bits per heavy atom. The molecule has 0 aromatic heterocycles. The molecule has 1 atom stereocenters. The van der Waals surface area contributed by atoms with Crippen molar-refractivity contribution in [2.24, 2.45) is 5.92 Å². The summed E-state index contributed by atoms with van der Waals surface area (Å²) >= 11 is 0. The zero-order valence-electron chi connectivity index (χ0n) is 12.9. The van der Waals surface area contributed by atoms with Gasteiger partial charge < -0.3 is 9.47 Å². The third-order valence-corrected chi connectivity index (χ3v) is 4.11. The van der Waals surface area contributed by atoms with E-state index in [0.29, 0.717) is 5.92 Å². The number of hydrogen-bond donors (Lipinski definition) is 0. The molecule has 0 spiro atoms. The zero-order chi connectivity index (χ0) is 15.4. The molecule has 1 aliphatic carbocycles. The number of ether oxygens (including phenoxy) is 2. The third kappa shape index (κ3) is 2.77. The standard InChI is InChI=1S/C20H20O2/c1-21-17-13-11-16(12-14-17)20(15-7-3-4-8-15)18-9-5-6-10-19(18)22-2/h3-15,20H,1-2H3. The van der Waals surface area contributed by atoms with E-state index in [4.69, 9.17) is 9.47 Å². The Bertz CT molecular complexity index is 671. The van der Waals surface area contributed by atoms with E-state index in [0.717, 1.165) is 11.5 Å². The van der Waals surface area contributed by atoms with Crippen LogP contribution in [0, 0.1) is 5.92 Å². The van der Waals surface area contributed by atoms with Gasteiger partial charge in [-0.05, 0) is 23.8 Å². The fourth-order valence-corrected chi connectivity index (χ4v) is 3.01. The second kappa shape index (κ2) is 6.52. The summed E-state index contributed by atoms with van der Waals surface area (Å²) < 4.78 is 10.9. The van der Waals surface area contributed by atoms with Crippen molar-refractivity contribution in [2.45, 2.75) is 5.92 Å². The lowest BCUT2D eigenvalue weighted by Gasteiger charge is -2.24. The second-order valence-corrected chi connectivity index (χ2v) is 5.34. The van der Waals surface area contributed by atoms with Crippen LogP contribution >= 0.6 is 0 Å². The summed E-state index contributed by atoms with van der Waals surface area (Å²) in [5.41, 5.74) is 2.46. The van der Waals surface area contributed by atoms with E-state index in [2.05, 4.69) is 48.6 Å². The minimum Gasteiger partial charge on any atom is -0.497 e. The summed E-state index contributed by atoms with van der Waals surface area (Å²) in [6, 6.07) is 16.5. The molecule has 0 N–H and O–H groups in total. The summed E-state index contributed by atoms with van der Waals surface area (Å²) in [6.07, 6.45) is 8.69. The highest BCUT2D eigenvalue weighted by Gasteiger charge is 2.25. The van der Waals surface area contributed by atoms with E-state index in [-0.39, 0.29) is 5.92 Å². The van der Waals surface area contributed by atoms with Gasteiger partial charge in [-0.3, -0.25) is 0 Å². The quantitative estimate of drug-likeness (QED) is 0.803. The van der Waals surface area contributed by atoms with E-state index in [1.54, 1.807) is 14.2 Å². The van der Waals surface area contributed by atoms with Gasteiger partial charge in [-0.25, -0.2) is 0 Å². The van der Waals surface area contributed by atoms with Crippen LogP contribution in [0.1, 0.15) is 17.0 Å². The lowest BCUT2D eigenvalue weighted by atomic mass is 9.81. The molecule has 0 amide bonds. The normalized spacial score (nSPS) is 15.0. The van der Waals surface area contributed by atoms with Crippen molar-refractivity contribution in [1.82, 2.24) is 0 Å². The second-order valence-electron chi connectivity index (χ2n) is 5.34. The van der Waals surface area contributed by atoms with Crippen LogP contribution in [0.2, 0.25) is 0 Å². The minimum atomic E-state index is 0.233. The first-order chi connectivity index (χ1) is 10.8. The molecule has 1 unspecified atom stereocenters. The molecule has 0 fully saturated rings. The van der Waals surface area contributed by atoms with Crippen LogP contribution in [0.15, 0.2) is 72.8 Å². The summed E-state index contributed by atoms with van der Waals surface area (Å²) in [4.78, 5) is 0. The van der Waals surface area contributed by atoms with Crippen LogP contribution in [-0.4, -0.2) is 14.2 Å². The molecule has 0 bridgehead atoms. The van der Waals surface area contributed by atoms with Gasteiger partial charge in [-0.1, -0.05) is 54.6 Å². The highest BCUT2D eigenvalue weighted by Crippen LogP contribution is 2.40. The van der Waals surface area contributed by atoms with Gasteiger partial charge in [-0.2, -0.15) is 0 Å². The monoisotopic (exact) mass is 292 g/mol. The lowest BCUT2D eigenvalue weighted by molar-refractivity contribution is 0.405. The van der Waals surface area contributed by atoms with Gasteiger partial charge in [0, 0.05) is 17.4 Å². The van der Waals surface area contributed by atoms with Crippen molar-refractivity contribution < 1.29 is 9.47 Å². The summed E-state index contributed by atoms with van der Waals surface area (Å²) in [5.74, 6) is 2.37. The molecule has 22 heavy (non-hydrogen) atoms. The molecule has 2 heteroatoms. The Morgan fingerprint density at radius 1 is 0.818 bits per heavy atom. The Hall–Kier alpha value is -2.48. The predicted molar refractivity (Wildman–Crippen MR) is 89.6 cm³/mol. The van der Waals surface area contributed by atoms with Gasteiger partial charge in [0.15, 0.2) is 0 Å². The Kier molecular flexibility index (Phi) is 4.29. The van der Waals surface area contributed by atoms with Crippen molar-refractivity contribution in [3.8, 4) is 11.5 Å². The smallest absolute Gasteiger partial charge is 0.122 e. The molecular weight excluding hydrogens is 272 g/mol. The van der Waals surface area contributed by atoms with Crippen LogP contribution in [0.5, 0.6) is 11.5 Å². The van der Waals surface area contributed by atoms with Crippen LogP contribution in [0.25, 0.3) is 0 Å². The van der Waals surface area contributed by atoms with E-state index in [9.17, 15) is 0 Å². The number of rotatable bonds is 5. The Morgan fingerprint density at radius 2 is 1.50 bits per heavy atom. The molecule has 2 aromatic carbocycles. The van der Waals surface area contributed by atoms with Crippen molar-refractivity contribution in [3.63, 3.8) is 0 Å². The molecule has 0 saturated carbocycles. The number of allylic oxidation sites excluding steroid dienone is 4. The maximum Gasteiger partial charge on any atom is 0.122 e. The lowest BCUT2D eigenvalue weighted by Crippen LogP contribution is -2.11. The topological polar surface area (TPSA) is 18.5 Å². The fraction of sp³-hybridized carbons (Fsp3) is 0.200. The molecule has 0 radical (unpaired) electrons. The van der Waals surface area contributed by atoms with E-state index >= 15 is 0 Å². The first-order valence-electron chi connectivity index (χ1n) is 7.45. The highest BCUT2D eigenvalue weighted by atomic mass is 16.5. The molecule has 0 saturated heterocycles. The summed E-state index contributed by atoms with van der Waals surface area (Å²) in [6.45, 7) is 0. The van der Waals surface area contributed by atoms with Crippen molar-refractivity contribution in [2.75, 3.05) is 14.2 Å². The SMILES string of the molecule is COc1ccc(C(c2ccccc2OC)C2C=CC=C2)cc1. The average molecular weight is 292 g/mol. The van der Waals surface area contributed by atoms with Crippen molar-refractivity contribution in [3.05, 3.63) is 84.0 Å². The summed E-state index contributed by atoms with van der Waals surface area (Å²) in [7, 11) is 3.42. The number of methoxy groups -OCH3 is 2. The number of hydrogen-bond acceptors (Lipinski definition) is 2. The number of benzene rings is 2. The molecular formula is C20H20O2. The number of para-hydroxylation sites is 1. The van der Waals surface area contributed by atoms with Gasteiger partial charge in [0.1, 0.15) is 11.5 Å². The van der Waals surface area contributed by atoms with E-state index in [1.807, 2.05) is 24.3 Å². The van der Waals surface area contributed by atoms with Crippen molar-refractivity contribution >= 4 is 0 Å². The van der Waals surface area contributed by atoms with Crippen LogP contribution < -0.4 is 9.47 Å². The average Bonchev–Trinajstić information content (AvgIpc) is 3.10. The highest BCUT2D eigenvalue weighted by molar-refractivity contribution is 5.46. The molecule has 2 nitrogen and oxygen atoms in total. The largest absolute Gasteiger partial charge is 0.497 e. The zero-order valence-corrected chi connectivity index (χ0v) is 12.9. The van der Waals surface area contributed by atoms with E-state index in [1.165, 1.54) is 11.1 Å². The van der Waals surface area contributed by atoms with Gasteiger partial charge in [0.25, 0.3) is 0 Å². The summed E-state index contributed by atoms with van der Waals surface area (Å²) in [5, 5.41) is 0. The molecule has 0 heterocycles. The fourth-order valence-electron chi connectivity index (χ4n) is 3.01. The molecule has 3 rings (SSSR count). The maximum atomic E-state index is 5.58. The van der Waals surface area contributed by atoms with Gasteiger partial charge >= 0.3 is 0 Å². The van der Waals surface area contributed by atoms with E-state index < -0.39 is 0 Å². The third-order valence-electron chi connectivity index (χ3n) is 4.11. The van der Waals surface area contributed by atoms with Crippen LogP contribution in [-0.2, 0) is 0 Å². The van der Waals surface area contributed by atoms with Crippen LogP contribution in [0.3, 0.4) is 0 Å². The molecule has 2 aromatic rings. The van der Waals surface area contributed by atoms with Crippen LogP contribution in [0.4, 0.5) is 0 Å². The minimum absolute atomic E-state index is 0.233. The molecule has 1 aliphatic rings. The molecule has 0 aliphatic heterocycles. The Labute approximate surface area is 131 Å².